The van der Waals surface area contributed by atoms with Gasteiger partial charge in [-0.25, -0.2) is 4.79 Å². The number of alkyl halides is 1. The number of rotatable bonds is 5. The van der Waals surface area contributed by atoms with Crippen LogP contribution in [0.2, 0.25) is 0 Å². The molecule has 1 aromatic carbocycles. The van der Waals surface area contributed by atoms with Gasteiger partial charge in [-0.1, -0.05) is 12.1 Å². The van der Waals surface area contributed by atoms with Crippen molar-refractivity contribution in [3.63, 3.8) is 0 Å². The fraction of sp³-hybridized carbons (Fsp3) is 0.333. The summed E-state index contributed by atoms with van der Waals surface area (Å²) in [5, 5.41) is 26.4. The Labute approximate surface area is 109 Å². The number of carboxylic acids is 1. The number of hydrogen-bond acceptors (Lipinski definition) is 4. The molecule has 0 spiro atoms. The highest BCUT2D eigenvalue weighted by atomic mass is 35.5. The predicted molar refractivity (Wildman–Crippen MR) is 64.6 cm³/mol. The molecule has 18 heavy (non-hydrogen) atoms. The normalized spacial score (nSPS) is 14.0. The zero-order valence-electron chi connectivity index (χ0n) is 9.63. The van der Waals surface area contributed by atoms with Crippen LogP contribution in [-0.4, -0.2) is 32.4 Å². The van der Waals surface area contributed by atoms with Gasteiger partial charge in [0.2, 0.25) is 0 Å². The van der Waals surface area contributed by atoms with E-state index in [-0.39, 0.29) is 17.7 Å². The zero-order valence-corrected chi connectivity index (χ0v) is 10.4. The lowest BCUT2D eigenvalue weighted by atomic mass is 9.97. The van der Waals surface area contributed by atoms with E-state index in [4.69, 9.17) is 21.8 Å². The average molecular weight is 273 g/mol. The summed E-state index contributed by atoms with van der Waals surface area (Å²) >= 11 is 5.68. The Hall–Kier alpha value is -1.43. The fourth-order valence-corrected chi connectivity index (χ4v) is 1.61. The summed E-state index contributed by atoms with van der Waals surface area (Å²) in [6, 6.07) is 3.99. The van der Waals surface area contributed by atoms with Crippen LogP contribution in [0.15, 0.2) is 18.2 Å². The van der Waals surface area contributed by atoms with Crippen molar-refractivity contribution in [3.8, 4) is 0 Å². The second-order valence-corrected chi connectivity index (χ2v) is 4.45. The van der Waals surface area contributed by atoms with Crippen molar-refractivity contribution in [3.05, 3.63) is 34.9 Å². The number of hydrogen-bond donors (Lipinski definition) is 3. The van der Waals surface area contributed by atoms with Crippen molar-refractivity contribution in [2.45, 2.75) is 25.0 Å². The lowest BCUT2D eigenvalue weighted by molar-refractivity contribution is -0.146. The molecule has 98 valence electrons. The minimum atomic E-state index is -1.71. The molecule has 1 rings (SSSR count). The minimum absolute atomic E-state index is 0.0698. The van der Waals surface area contributed by atoms with Crippen LogP contribution in [0.4, 0.5) is 0 Å². The van der Waals surface area contributed by atoms with Gasteiger partial charge in [-0.15, -0.1) is 11.6 Å². The highest BCUT2D eigenvalue weighted by Gasteiger charge is 2.21. The summed E-state index contributed by atoms with van der Waals surface area (Å²) in [7, 11) is 0. The van der Waals surface area contributed by atoms with Crippen LogP contribution in [0.25, 0.3) is 0 Å². The molecule has 3 N–H and O–H groups in total. The number of carbonyl (C=O) groups is 2. The van der Waals surface area contributed by atoms with E-state index >= 15 is 0 Å². The first-order chi connectivity index (χ1) is 8.38. The molecule has 0 bridgehead atoms. The Kier molecular flexibility index (Phi) is 4.84. The highest BCUT2D eigenvalue weighted by Crippen LogP contribution is 2.21. The largest absolute Gasteiger partial charge is 0.479 e. The van der Waals surface area contributed by atoms with Crippen LogP contribution in [0.3, 0.4) is 0 Å². The molecule has 0 saturated heterocycles. The molecule has 0 amide bonds. The Bertz CT molecular complexity index is 470. The van der Waals surface area contributed by atoms with E-state index in [2.05, 4.69) is 0 Å². The second kappa shape index (κ2) is 5.95. The van der Waals surface area contributed by atoms with Crippen LogP contribution < -0.4 is 0 Å². The SMILES string of the molecule is CC(Cl)C(=O)c1cc(C(O)C(=O)O)ccc1CO. The maximum absolute atomic E-state index is 11.8. The predicted octanol–water partition coefficient (Wildman–Crippen LogP) is 1.11. The van der Waals surface area contributed by atoms with Gasteiger partial charge in [0.05, 0.1) is 12.0 Å². The number of benzene rings is 1. The van der Waals surface area contributed by atoms with Crippen molar-refractivity contribution in [1.82, 2.24) is 0 Å². The van der Waals surface area contributed by atoms with Crippen molar-refractivity contribution in [2.24, 2.45) is 0 Å². The number of aliphatic hydroxyl groups excluding tert-OH is 2. The number of aliphatic carboxylic acids is 1. The Morgan fingerprint density at radius 3 is 2.44 bits per heavy atom. The van der Waals surface area contributed by atoms with Crippen LogP contribution in [-0.2, 0) is 11.4 Å². The number of halogens is 1. The molecule has 0 radical (unpaired) electrons. The van der Waals surface area contributed by atoms with Crippen molar-refractivity contribution >= 4 is 23.4 Å². The average Bonchev–Trinajstić information content (AvgIpc) is 2.35. The topological polar surface area (TPSA) is 94.8 Å². The summed E-state index contributed by atoms with van der Waals surface area (Å²) in [5.74, 6) is -1.84. The molecular formula is C12H13ClO5. The quantitative estimate of drug-likeness (QED) is 0.551. The first kappa shape index (κ1) is 14.6. The second-order valence-electron chi connectivity index (χ2n) is 3.80. The van der Waals surface area contributed by atoms with Gasteiger partial charge in [-0.2, -0.15) is 0 Å². The van der Waals surface area contributed by atoms with Crippen LogP contribution in [0.1, 0.15) is 34.5 Å². The zero-order chi connectivity index (χ0) is 13.9. The number of aliphatic hydroxyl groups is 2. The minimum Gasteiger partial charge on any atom is -0.479 e. The third-order valence-corrected chi connectivity index (χ3v) is 2.68. The Morgan fingerprint density at radius 2 is 2.00 bits per heavy atom. The number of carbonyl (C=O) groups excluding carboxylic acids is 1. The van der Waals surface area contributed by atoms with E-state index in [9.17, 15) is 14.7 Å². The Morgan fingerprint density at radius 1 is 1.39 bits per heavy atom. The van der Waals surface area contributed by atoms with Gasteiger partial charge >= 0.3 is 5.97 Å². The van der Waals surface area contributed by atoms with Gasteiger partial charge in [0.15, 0.2) is 11.9 Å². The molecule has 0 aliphatic heterocycles. The standard InChI is InChI=1S/C12H13ClO5/c1-6(13)10(15)9-4-7(11(16)12(17)18)2-3-8(9)5-14/h2-4,6,11,14,16H,5H2,1H3,(H,17,18). The molecule has 5 nitrogen and oxygen atoms in total. The Balaban J connectivity index is 3.25. The first-order valence-corrected chi connectivity index (χ1v) is 5.65. The molecule has 1 aromatic rings. The molecule has 0 aliphatic carbocycles. The van der Waals surface area contributed by atoms with Gasteiger partial charge in [0.25, 0.3) is 0 Å². The van der Waals surface area contributed by atoms with Crippen LogP contribution >= 0.6 is 11.6 Å². The third kappa shape index (κ3) is 3.07. The lowest BCUT2D eigenvalue weighted by Crippen LogP contribution is -2.16. The monoisotopic (exact) mass is 272 g/mol. The summed E-state index contributed by atoms with van der Waals surface area (Å²) < 4.78 is 0. The van der Waals surface area contributed by atoms with E-state index in [1.165, 1.54) is 25.1 Å². The van der Waals surface area contributed by atoms with Gasteiger partial charge in [0.1, 0.15) is 0 Å². The molecule has 6 heteroatoms. The molecular weight excluding hydrogens is 260 g/mol. The number of ketones is 1. The van der Waals surface area contributed by atoms with Gasteiger partial charge in [-0.3, -0.25) is 4.79 Å². The summed E-state index contributed by atoms with van der Waals surface area (Å²) in [4.78, 5) is 22.5. The number of Topliss-reactive ketones (excluding diaryl/α,β-unsaturated/α-hetero) is 1. The van der Waals surface area contributed by atoms with E-state index in [0.717, 1.165) is 0 Å². The fourth-order valence-electron chi connectivity index (χ4n) is 1.49. The molecule has 0 aliphatic rings. The van der Waals surface area contributed by atoms with Gasteiger partial charge < -0.3 is 15.3 Å². The highest BCUT2D eigenvalue weighted by molar-refractivity contribution is 6.33. The molecule has 0 fully saturated rings. The summed E-state index contributed by atoms with van der Waals surface area (Å²) in [5.41, 5.74) is 0.534. The van der Waals surface area contributed by atoms with Crippen molar-refractivity contribution < 1.29 is 24.9 Å². The van der Waals surface area contributed by atoms with Gasteiger partial charge in [0, 0.05) is 5.56 Å². The molecule has 0 heterocycles. The third-order valence-electron chi connectivity index (χ3n) is 2.48. The molecule has 0 saturated carbocycles. The van der Waals surface area contributed by atoms with E-state index in [1.54, 1.807) is 0 Å². The smallest absolute Gasteiger partial charge is 0.337 e. The number of carboxylic acid groups (broad SMARTS) is 1. The van der Waals surface area contributed by atoms with Crippen molar-refractivity contribution in [1.29, 1.82) is 0 Å². The van der Waals surface area contributed by atoms with Crippen LogP contribution in [0.5, 0.6) is 0 Å². The molecule has 0 aromatic heterocycles. The molecule has 2 unspecified atom stereocenters. The van der Waals surface area contributed by atoms with Crippen LogP contribution in [0, 0.1) is 0 Å². The maximum atomic E-state index is 11.8. The maximum Gasteiger partial charge on any atom is 0.337 e. The lowest BCUT2D eigenvalue weighted by Gasteiger charge is -2.12. The van der Waals surface area contributed by atoms with E-state index in [0.29, 0.717) is 5.56 Å². The van der Waals surface area contributed by atoms with E-state index < -0.39 is 23.2 Å². The summed E-state index contributed by atoms with van der Waals surface area (Å²) in [6.07, 6.45) is -1.71. The van der Waals surface area contributed by atoms with Gasteiger partial charge in [-0.05, 0) is 24.1 Å². The van der Waals surface area contributed by atoms with Crippen molar-refractivity contribution in [2.75, 3.05) is 0 Å². The first-order valence-electron chi connectivity index (χ1n) is 5.21. The van der Waals surface area contributed by atoms with E-state index in [1.807, 2.05) is 0 Å². The molecule has 2 atom stereocenters. The summed E-state index contributed by atoms with van der Waals surface area (Å²) in [6.45, 7) is 1.11.